The van der Waals surface area contributed by atoms with Crippen LogP contribution in [0.3, 0.4) is 0 Å². The van der Waals surface area contributed by atoms with E-state index in [1.807, 2.05) is 0 Å². The Balaban J connectivity index is 4.66. The van der Waals surface area contributed by atoms with Crippen molar-refractivity contribution in [2.45, 2.75) is 20.8 Å². The Bertz CT molecular complexity index is 254. The highest BCUT2D eigenvalue weighted by atomic mass is 16.5. The molecule has 5 heteroatoms. The zero-order chi connectivity index (χ0) is 11.4. The molecule has 5 nitrogen and oxygen atoms in total. The third kappa shape index (κ3) is 2.55. The average molecular weight is 202 g/mol. The Hall–Kier alpha value is -1.39. The van der Waals surface area contributed by atoms with Crippen LogP contribution in [0.25, 0.3) is 0 Å². The molecular weight excluding hydrogens is 188 g/mol. The van der Waals surface area contributed by atoms with Crippen molar-refractivity contribution in [3.63, 3.8) is 0 Å². The molecule has 0 aliphatic heterocycles. The number of rotatable bonds is 4. The highest BCUT2D eigenvalue weighted by molar-refractivity contribution is 6.39. The average Bonchev–Trinajstić information content (AvgIpc) is 2.15. The van der Waals surface area contributed by atoms with Gasteiger partial charge in [-0.15, -0.1) is 0 Å². The lowest BCUT2D eigenvalue weighted by molar-refractivity contribution is -0.165. The van der Waals surface area contributed by atoms with Crippen LogP contribution in [0.1, 0.15) is 20.8 Å². The largest absolute Gasteiger partial charge is 0.468 e. The summed E-state index contributed by atoms with van der Waals surface area (Å²) in [5.41, 5.74) is -1.49. The topological polar surface area (TPSA) is 69.7 Å². The zero-order valence-corrected chi connectivity index (χ0v) is 8.75. The van der Waals surface area contributed by atoms with Crippen LogP contribution >= 0.6 is 0 Å². The van der Waals surface area contributed by atoms with Gasteiger partial charge in [-0.2, -0.15) is 0 Å². The van der Waals surface area contributed by atoms with Crippen molar-refractivity contribution in [1.29, 1.82) is 0 Å². The Kier molecular flexibility index (Phi) is 4.27. The van der Waals surface area contributed by atoms with Crippen LogP contribution in [0.2, 0.25) is 0 Å². The van der Waals surface area contributed by atoms with Gasteiger partial charge in [-0.25, -0.2) is 4.79 Å². The predicted octanol–water partition coefficient (Wildman–Crippen LogP) is 0.318. The maximum atomic E-state index is 11.4. The SMILES string of the molecule is CCOC(=O)C(=O)C(C)(C)C(=O)OC. The van der Waals surface area contributed by atoms with E-state index >= 15 is 0 Å². The lowest BCUT2D eigenvalue weighted by Gasteiger charge is -2.18. The third-order valence-electron chi connectivity index (χ3n) is 1.72. The van der Waals surface area contributed by atoms with Gasteiger partial charge in [0.2, 0.25) is 0 Å². The van der Waals surface area contributed by atoms with Crippen molar-refractivity contribution >= 4 is 17.7 Å². The molecule has 0 N–H and O–H groups in total. The van der Waals surface area contributed by atoms with Crippen molar-refractivity contribution in [3.8, 4) is 0 Å². The Morgan fingerprint density at radius 3 is 2.07 bits per heavy atom. The number of hydrogen-bond donors (Lipinski definition) is 0. The molecule has 0 radical (unpaired) electrons. The minimum absolute atomic E-state index is 0.0990. The lowest BCUT2D eigenvalue weighted by atomic mass is 9.88. The van der Waals surface area contributed by atoms with Crippen molar-refractivity contribution in [2.75, 3.05) is 13.7 Å². The summed E-state index contributed by atoms with van der Waals surface area (Å²) < 4.78 is 8.89. The number of Topliss-reactive ketones (excluding diaryl/α,β-unsaturated/α-hetero) is 1. The summed E-state index contributed by atoms with van der Waals surface area (Å²) in [4.78, 5) is 33.5. The number of ketones is 1. The maximum absolute atomic E-state index is 11.4. The fourth-order valence-electron chi connectivity index (χ4n) is 0.800. The number of methoxy groups -OCH3 is 1. The van der Waals surface area contributed by atoms with Gasteiger partial charge in [0.15, 0.2) is 0 Å². The maximum Gasteiger partial charge on any atom is 0.375 e. The van der Waals surface area contributed by atoms with Gasteiger partial charge in [-0.1, -0.05) is 0 Å². The molecule has 0 aliphatic carbocycles. The first-order valence-corrected chi connectivity index (χ1v) is 4.17. The minimum Gasteiger partial charge on any atom is -0.468 e. The summed E-state index contributed by atoms with van der Waals surface area (Å²) >= 11 is 0. The van der Waals surface area contributed by atoms with Gasteiger partial charge in [-0.3, -0.25) is 9.59 Å². The van der Waals surface area contributed by atoms with E-state index in [1.54, 1.807) is 6.92 Å². The minimum atomic E-state index is -1.49. The highest BCUT2D eigenvalue weighted by Gasteiger charge is 2.42. The second-order valence-corrected chi connectivity index (χ2v) is 3.17. The lowest BCUT2D eigenvalue weighted by Crippen LogP contribution is -2.39. The molecule has 0 aromatic rings. The summed E-state index contributed by atoms with van der Waals surface area (Å²) in [7, 11) is 1.16. The van der Waals surface area contributed by atoms with Gasteiger partial charge in [0.05, 0.1) is 13.7 Å². The molecule has 0 saturated carbocycles. The van der Waals surface area contributed by atoms with E-state index in [0.717, 1.165) is 7.11 Å². The Morgan fingerprint density at radius 1 is 1.21 bits per heavy atom. The van der Waals surface area contributed by atoms with Gasteiger partial charge in [-0.05, 0) is 20.8 Å². The summed E-state index contributed by atoms with van der Waals surface area (Å²) in [6, 6.07) is 0. The van der Waals surface area contributed by atoms with E-state index in [9.17, 15) is 14.4 Å². The van der Waals surface area contributed by atoms with E-state index in [2.05, 4.69) is 9.47 Å². The van der Waals surface area contributed by atoms with Crippen LogP contribution in [-0.2, 0) is 23.9 Å². The first kappa shape index (κ1) is 12.6. The third-order valence-corrected chi connectivity index (χ3v) is 1.72. The van der Waals surface area contributed by atoms with Crippen molar-refractivity contribution in [3.05, 3.63) is 0 Å². The van der Waals surface area contributed by atoms with E-state index in [1.165, 1.54) is 13.8 Å². The Morgan fingerprint density at radius 2 is 1.71 bits per heavy atom. The standard InChI is InChI=1S/C9H14O5/c1-5-14-7(11)6(10)9(2,3)8(12)13-4/h5H2,1-4H3. The summed E-state index contributed by atoms with van der Waals surface area (Å²) in [6.45, 7) is 4.31. The normalized spacial score (nSPS) is 10.6. The second kappa shape index (κ2) is 4.74. The van der Waals surface area contributed by atoms with Crippen LogP contribution in [0.5, 0.6) is 0 Å². The van der Waals surface area contributed by atoms with Gasteiger partial charge in [0.1, 0.15) is 5.41 Å². The predicted molar refractivity (Wildman–Crippen MR) is 47.4 cm³/mol. The molecule has 0 fully saturated rings. The Labute approximate surface area is 82.4 Å². The number of esters is 2. The van der Waals surface area contributed by atoms with Gasteiger partial charge >= 0.3 is 11.9 Å². The van der Waals surface area contributed by atoms with E-state index < -0.39 is 23.1 Å². The van der Waals surface area contributed by atoms with E-state index in [0.29, 0.717) is 0 Å². The molecule has 14 heavy (non-hydrogen) atoms. The molecule has 0 aromatic carbocycles. The van der Waals surface area contributed by atoms with E-state index in [-0.39, 0.29) is 6.61 Å². The van der Waals surface area contributed by atoms with Crippen molar-refractivity contribution in [2.24, 2.45) is 5.41 Å². The van der Waals surface area contributed by atoms with Crippen LogP contribution in [-0.4, -0.2) is 31.4 Å². The smallest absolute Gasteiger partial charge is 0.375 e. The van der Waals surface area contributed by atoms with Crippen molar-refractivity contribution in [1.82, 2.24) is 0 Å². The summed E-state index contributed by atoms with van der Waals surface area (Å²) in [5, 5.41) is 0. The first-order valence-electron chi connectivity index (χ1n) is 4.17. The molecule has 0 unspecified atom stereocenters. The molecular formula is C9H14O5. The molecule has 0 aliphatic rings. The van der Waals surface area contributed by atoms with Gasteiger partial charge in [0.25, 0.3) is 5.78 Å². The molecule has 0 bridgehead atoms. The number of ether oxygens (including phenoxy) is 2. The molecule has 80 valence electrons. The first-order chi connectivity index (χ1) is 6.37. The van der Waals surface area contributed by atoms with Crippen molar-refractivity contribution < 1.29 is 23.9 Å². The molecule has 0 rings (SSSR count). The fourth-order valence-corrected chi connectivity index (χ4v) is 0.800. The molecule has 0 atom stereocenters. The molecule has 0 heterocycles. The van der Waals surface area contributed by atoms with Crippen LogP contribution < -0.4 is 0 Å². The molecule has 0 amide bonds. The number of hydrogen-bond acceptors (Lipinski definition) is 5. The quantitative estimate of drug-likeness (QED) is 0.373. The summed E-state index contributed by atoms with van der Waals surface area (Å²) in [6.07, 6.45) is 0. The van der Waals surface area contributed by atoms with E-state index in [4.69, 9.17) is 0 Å². The summed E-state index contributed by atoms with van der Waals surface area (Å²) in [5.74, 6) is -2.66. The fraction of sp³-hybridized carbons (Fsp3) is 0.667. The second-order valence-electron chi connectivity index (χ2n) is 3.17. The number of carbonyl (C=O) groups excluding carboxylic acids is 3. The molecule has 0 aromatic heterocycles. The molecule has 0 spiro atoms. The van der Waals surface area contributed by atoms with Crippen LogP contribution in [0, 0.1) is 5.41 Å². The van der Waals surface area contributed by atoms with Gasteiger partial charge in [0, 0.05) is 0 Å². The zero-order valence-electron chi connectivity index (χ0n) is 8.75. The highest BCUT2D eigenvalue weighted by Crippen LogP contribution is 2.19. The van der Waals surface area contributed by atoms with Gasteiger partial charge < -0.3 is 9.47 Å². The van der Waals surface area contributed by atoms with Crippen LogP contribution in [0.4, 0.5) is 0 Å². The van der Waals surface area contributed by atoms with Crippen LogP contribution in [0.15, 0.2) is 0 Å². The number of carbonyl (C=O) groups is 3. The molecule has 0 saturated heterocycles. The monoisotopic (exact) mass is 202 g/mol.